The highest BCUT2D eigenvalue weighted by atomic mass is 32.2. The zero-order chi connectivity index (χ0) is 18.8. The normalized spacial score (nSPS) is 13.5. The maximum absolute atomic E-state index is 12.9. The van der Waals surface area contributed by atoms with Crippen LogP contribution in [0, 0.1) is 13.8 Å². The van der Waals surface area contributed by atoms with Crippen molar-refractivity contribution in [1.82, 2.24) is 14.8 Å². The predicted octanol–water partition coefficient (Wildman–Crippen LogP) is 4.12. The fraction of sp³-hybridized carbons (Fsp3) is 0.250. The van der Waals surface area contributed by atoms with Gasteiger partial charge in [-0.25, -0.2) is 0 Å². The van der Waals surface area contributed by atoms with Gasteiger partial charge in [0.15, 0.2) is 5.16 Å². The number of carbonyl (C=O) groups excluding carboxylic acids is 1. The molecule has 138 valence electrons. The Bertz CT molecular complexity index is 986. The molecule has 0 atom stereocenters. The minimum absolute atomic E-state index is 0.0999. The van der Waals surface area contributed by atoms with E-state index in [2.05, 4.69) is 48.3 Å². The highest BCUT2D eigenvalue weighted by Crippen LogP contribution is 2.35. The zero-order valence-electron chi connectivity index (χ0n) is 15.3. The molecular weight excluding hydrogens is 376 g/mol. The Morgan fingerprint density at radius 1 is 1.19 bits per heavy atom. The fourth-order valence-electron chi connectivity index (χ4n) is 3.20. The molecule has 4 rings (SSSR count). The van der Waals surface area contributed by atoms with Gasteiger partial charge in [-0.2, -0.15) is 0 Å². The van der Waals surface area contributed by atoms with Crippen LogP contribution in [-0.2, 0) is 4.79 Å². The molecule has 3 aromatic rings. The topological polar surface area (TPSA) is 51.0 Å². The van der Waals surface area contributed by atoms with Gasteiger partial charge in [0.05, 0.1) is 17.1 Å². The van der Waals surface area contributed by atoms with Gasteiger partial charge in [-0.05, 0) is 37.6 Å². The van der Waals surface area contributed by atoms with E-state index >= 15 is 0 Å². The number of benzene rings is 2. The number of hydrogen-bond donors (Lipinski definition) is 0. The Hall–Kier alpha value is -2.25. The van der Waals surface area contributed by atoms with Crippen molar-refractivity contribution in [2.24, 2.45) is 0 Å². The molecule has 1 aliphatic rings. The number of nitrogens with zero attached hydrogens (tertiary/aromatic N) is 4. The Labute approximate surface area is 167 Å². The van der Waals surface area contributed by atoms with E-state index in [-0.39, 0.29) is 5.91 Å². The van der Waals surface area contributed by atoms with Crippen molar-refractivity contribution >= 4 is 35.1 Å². The second-order valence-corrected chi connectivity index (χ2v) is 8.50. The summed E-state index contributed by atoms with van der Waals surface area (Å²) in [5, 5.41) is 9.00. The minimum atomic E-state index is 0.0999. The molecule has 1 aromatic heterocycles. The molecular formula is C20H20N4OS2. The summed E-state index contributed by atoms with van der Waals surface area (Å²) in [7, 11) is 0. The summed E-state index contributed by atoms with van der Waals surface area (Å²) in [6.07, 6.45) is 1.71. The Morgan fingerprint density at radius 3 is 2.89 bits per heavy atom. The molecule has 0 radical (unpaired) electrons. The molecule has 0 N–H and O–H groups in total. The molecule has 0 saturated heterocycles. The van der Waals surface area contributed by atoms with Crippen molar-refractivity contribution < 1.29 is 4.79 Å². The van der Waals surface area contributed by atoms with Crippen LogP contribution in [0.1, 0.15) is 11.1 Å². The third-order valence-electron chi connectivity index (χ3n) is 4.48. The summed E-state index contributed by atoms with van der Waals surface area (Å²) < 4.78 is 1.95. The number of carbonyl (C=O) groups is 1. The zero-order valence-corrected chi connectivity index (χ0v) is 16.9. The third-order valence-corrected chi connectivity index (χ3v) is 6.45. The van der Waals surface area contributed by atoms with Crippen LogP contribution in [-0.4, -0.2) is 38.7 Å². The van der Waals surface area contributed by atoms with Crippen molar-refractivity contribution in [3.8, 4) is 5.69 Å². The van der Waals surface area contributed by atoms with Crippen LogP contribution in [0.5, 0.6) is 0 Å². The highest BCUT2D eigenvalue weighted by Gasteiger charge is 2.23. The summed E-state index contributed by atoms with van der Waals surface area (Å²) in [6.45, 7) is 4.89. The Morgan fingerprint density at radius 2 is 2.04 bits per heavy atom. The average Bonchev–Trinajstić information content (AvgIpc) is 3.14. The van der Waals surface area contributed by atoms with E-state index in [1.54, 1.807) is 18.1 Å². The van der Waals surface area contributed by atoms with Gasteiger partial charge in [0.1, 0.15) is 6.33 Å². The summed E-state index contributed by atoms with van der Waals surface area (Å²) >= 11 is 3.23. The average molecular weight is 397 g/mol. The number of aryl methyl sites for hydroxylation is 2. The van der Waals surface area contributed by atoms with Gasteiger partial charge >= 0.3 is 0 Å². The second kappa shape index (κ2) is 7.78. The van der Waals surface area contributed by atoms with Crippen LogP contribution < -0.4 is 4.90 Å². The van der Waals surface area contributed by atoms with E-state index in [0.29, 0.717) is 5.75 Å². The maximum Gasteiger partial charge on any atom is 0.237 e. The second-order valence-electron chi connectivity index (χ2n) is 6.42. The van der Waals surface area contributed by atoms with Crippen LogP contribution in [0.15, 0.2) is 58.8 Å². The molecule has 0 aliphatic carbocycles. The number of para-hydroxylation sites is 1. The number of aromatic nitrogens is 3. The van der Waals surface area contributed by atoms with Crippen LogP contribution in [0.3, 0.4) is 0 Å². The van der Waals surface area contributed by atoms with Gasteiger partial charge in [-0.1, -0.05) is 41.6 Å². The molecule has 27 heavy (non-hydrogen) atoms. The lowest BCUT2D eigenvalue weighted by molar-refractivity contribution is -0.116. The third kappa shape index (κ3) is 3.75. The van der Waals surface area contributed by atoms with Crippen molar-refractivity contribution in [1.29, 1.82) is 0 Å². The number of anilines is 1. The maximum atomic E-state index is 12.9. The van der Waals surface area contributed by atoms with E-state index in [1.807, 2.05) is 27.7 Å². The van der Waals surface area contributed by atoms with Gasteiger partial charge in [-0.15, -0.1) is 22.0 Å². The van der Waals surface area contributed by atoms with Gasteiger partial charge < -0.3 is 4.90 Å². The number of rotatable bonds is 4. The predicted molar refractivity (Wildman–Crippen MR) is 111 cm³/mol. The molecule has 1 aliphatic heterocycles. The molecule has 1 amide bonds. The highest BCUT2D eigenvalue weighted by molar-refractivity contribution is 8.00. The summed E-state index contributed by atoms with van der Waals surface area (Å²) in [4.78, 5) is 15.9. The van der Waals surface area contributed by atoms with E-state index in [9.17, 15) is 4.79 Å². The Kier molecular flexibility index (Phi) is 5.22. The molecule has 0 saturated carbocycles. The van der Waals surface area contributed by atoms with Crippen molar-refractivity contribution in [2.75, 3.05) is 23.0 Å². The quantitative estimate of drug-likeness (QED) is 0.621. The lowest BCUT2D eigenvalue weighted by atomic mass is 10.1. The molecule has 0 bridgehead atoms. The molecule has 0 fully saturated rings. The van der Waals surface area contributed by atoms with Gasteiger partial charge in [0, 0.05) is 17.2 Å². The standard InChI is InChI=1S/C20H20N4OS2/c1-14-7-8-16(15(2)11-14)24-13-21-22-20(24)27-12-19(25)23-9-10-26-18-6-4-3-5-17(18)23/h3-8,11,13H,9-10,12H2,1-2H3. The molecule has 0 spiro atoms. The lowest BCUT2D eigenvalue weighted by Gasteiger charge is -2.28. The number of amides is 1. The monoisotopic (exact) mass is 396 g/mol. The molecule has 0 unspecified atom stereocenters. The van der Waals surface area contributed by atoms with E-state index in [0.717, 1.165) is 34.4 Å². The van der Waals surface area contributed by atoms with E-state index < -0.39 is 0 Å². The van der Waals surface area contributed by atoms with Gasteiger partial charge in [0.25, 0.3) is 0 Å². The first-order valence-corrected chi connectivity index (χ1v) is 10.7. The van der Waals surface area contributed by atoms with E-state index in [1.165, 1.54) is 22.2 Å². The first kappa shape index (κ1) is 18.1. The SMILES string of the molecule is Cc1ccc(-n2cnnc2SCC(=O)N2CCSc3ccccc32)c(C)c1. The van der Waals surface area contributed by atoms with Crippen LogP contribution in [0.2, 0.25) is 0 Å². The van der Waals surface area contributed by atoms with Gasteiger partial charge in [0.2, 0.25) is 5.91 Å². The Balaban J connectivity index is 1.51. The molecule has 7 heteroatoms. The first-order chi connectivity index (χ1) is 13.1. The first-order valence-electron chi connectivity index (χ1n) is 8.76. The fourth-order valence-corrected chi connectivity index (χ4v) is 4.99. The minimum Gasteiger partial charge on any atom is -0.310 e. The van der Waals surface area contributed by atoms with Crippen molar-refractivity contribution in [2.45, 2.75) is 23.9 Å². The van der Waals surface area contributed by atoms with Gasteiger partial charge in [-0.3, -0.25) is 9.36 Å². The van der Waals surface area contributed by atoms with Crippen molar-refractivity contribution in [3.63, 3.8) is 0 Å². The van der Waals surface area contributed by atoms with Crippen LogP contribution >= 0.6 is 23.5 Å². The molecule has 2 aromatic carbocycles. The largest absolute Gasteiger partial charge is 0.310 e. The number of fused-ring (bicyclic) bond motifs is 1. The van der Waals surface area contributed by atoms with Crippen molar-refractivity contribution in [3.05, 3.63) is 59.9 Å². The molecule has 2 heterocycles. The number of thioether (sulfide) groups is 2. The smallest absolute Gasteiger partial charge is 0.237 e. The van der Waals surface area contributed by atoms with Crippen LogP contribution in [0.25, 0.3) is 5.69 Å². The molecule has 5 nitrogen and oxygen atoms in total. The summed E-state index contributed by atoms with van der Waals surface area (Å²) in [6, 6.07) is 14.4. The summed E-state index contributed by atoms with van der Waals surface area (Å²) in [5.74, 6) is 1.36. The van der Waals surface area contributed by atoms with E-state index in [4.69, 9.17) is 0 Å². The lowest BCUT2D eigenvalue weighted by Crippen LogP contribution is -2.36. The summed E-state index contributed by atoms with van der Waals surface area (Å²) in [5.41, 5.74) is 4.43. The van der Waals surface area contributed by atoms with Crippen LogP contribution in [0.4, 0.5) is 5.69 Å². The number of hydrogen-bond acceptors (Lipinski definition) is 5.